The summed E-state index contributed by atoms with van der Waals surface area (Å²) in [6.45, 7) is 1.44. The number of oxime groups is 1. The van der Waals surface area contributed by atoms with E-state index in [-0.39, 0.29) is 28.3 Å². The number of rotatable bonds is 3. The molecule has 0 radical (unpaired) electrons. The van der Waals surface area contributed by atoms with E-state index in [0.29, 0.717) is 6.54 Å². The monoisotopic (exact) mass is 347 g/mol. The summed E-state index contributed by atoms with van der Waals surface area (Å²) in [6, 6.07) is 2.59. The lowest BCUT2D eigenvalue weighted by molar-refractivity contribution is 0.188. The Kier molecular flexibility index (Phi) is 4.93. The third-order valence-electron chi connectivity index (χ3n) is 3.56. The molecule has 1 unspecified atom stereocenters. The normalized spacial score (nSPS) is 21.1. The Morgan fingerprint density at radius 2 is 2.25 bits per heavy atom. The van der Waals surface area contributed by atoms with Crippen LogP contribution < -0.4 is 5.73 Å². The predicted octanol–water partition coefficient (Wildman–Crippen LogP) is 2.69. The molecule has 110 valence electrons. The van der Waals surface area contributed by atoms with E-state index >= 15 is 0 Å². The number of halogens is 3. The molecule has 4 nitrogen and oxygen atoms in total. The lowest BCUT2D eigenvalue weighted by Crippen LogP contribution is -2.41. The molecule has 0 aliphatic carbocycles. The van der Waals surface area contributed by atoms with Crippen molar-refractivity contribution < 1.29 is 14.0 Å². The number of likely N-dealkylation sites (tertiary alicyclic amines) is 1. The second-order valence-corrected chi connectivity index (χ2v) is 5.78. The molecule has 1 heterocycles. The lowest BCUT2D eigenvalue weighted by Gasteiger charge is -2.32. The maximum Gasteiger partial charge on any atom is 0.144 e. The molecule has 1 aliphatic heterocycles. The Balaban J connectivity index is 2.12. The number of nitrogens with two attached hydrogens (primary N) is 1. The smallest absolute Gasteiger partial charge is 0.144 e. The summed E-state index contributed by atoms with van der Waals surface area (Å²) < 4.78 is 27.9. The zero-order valence-electron chi connectivity index (χ0n) is 10.8. The van der Waals surface area contributed by atoms with Crippen molar-refractivity contribution in [3.05, 3.63) is 33.8 Å². The molecule has 0 bridgehead atoms. The van der Waals surface area contributed by atoms with Gasteiger partial charge in [0.1, 0.15) is 17.5 Å². The van der Waals surface area contributed by atoms with Crippen molar-refractivity contribution in [1.82, 2.24) is 4.90 Å². The second-order valence-electron chi connectivity index (χ2n) is 4.92. The van der Waals surface area contributed by atoms with Crippen molar-refractivity contribution in [3.8, 4) is 0 Å². The van der Waals surface area contributed by atoms with E-state index in [0.717, 1.165) is 19.4 Å². The molecule has 1 aromatic rings. The quantitative estimate of drug-likeness (QED) is 0.290. The Labute approximate surface area is 124 Å². The van der Waals surface area contributed by atoms with Crippen LogP contribution in [0.5, 0.6) is 0 Å². The highest BCUT2D eigenvalue weighted by Crippen LogP contribution is 2.25. The zero-order valence-corrected chi connectivity index (χ0v) is 12.4. The van der Waals surface area contributed by atoms with Crippen LogP contribution in [0, 0.1) is 17.6 Å². The number of benzene rings is 1. The highest BCUT2D eigenvalue weighted by atomic mass is 79.9. The van der Waals surface area contributed by atoms with Crippen molar-refractivity contribution in [1.29, 1.82) is 0 Å². The molecule has 1 fully saturated rings. The Bertz CT molecular complexity index is 525. The average Bonchev–Trinajstić information content (AvgIpc) is 2.47. The van der Waals surface area contributed by atoms with Gasteiger partial charge >= 0.3 is 0 Å². The van der Waals surface area contributed by atoms with Crippen LogP contribution in [-0.4, -0.2) is 29.0 Å². The van der Waals surface area contributed by atoms with Gasteiger partial charge in [0.05, 0.1) is 4.47 Å². The van der Waals surface area contributed by atoms with E-state index in [4.69, 9.17) is 10.9 Å². The van der Waals surface area contributed by atoms with Crippen LogP contribution in [0.15, 0.2) is 21.8 Å². The van der Waals surface area contributed by atoms with Crippen LogP contribution in [0.4, 0.5) is 8.78 Å². The van der Waals surface area contributed by atoms with Crippen molar-refractivity contribution in [2.45, 2.75) is 19.4 Å². The summed E-state index contributed by atoms with van der Waals surface area (Å²) in [5.41, 5.74) is 5.65. The molecule has 0 aromatic heterocycles. The second kappa shape index (κ2) is 6.49. The van der Waals surface area contributed by atoms with Gasteiger partial charge in [-0.2, -0.15) is 0 Å². The van der Waals surface area contributed by atoms with Crippen LogP contribution in [0.25, 0.3) is 0 Å². The fourth-order valence-electron chi connectivity index (χ4n) is 2.46. The molecule has 0 saturated carbocycles. The first-order valence-electron chi connectivity index (χ1n) is 6.35. The van der Waals surface area contributed by atoms with Gasteiger partial charge in [-0.1, -0.05) is 5.16 Å². The van der Waals surface area contributed by atoms with Gasteiger partial charge < -0.3 is 10.9 Å². The minimum absolute atomic E-state index is 0.0412. The van der Waals surface area contributed by atoms with Crippen molar-refractivity contribution in [3.63, 3.8) is 0 Å². The first-order chi connectivity index (χ1) is 9.52. The van der Waals surface area contributed by atoms with Gasteiger partial charge in [0, 0.05) is 24.6 Å². The molecule has 1 atom stereocenters. The predicted molar refractivity (Wildman–Crippen MR) is 75.5 cm³/mol. The van der Waals surface area contributed by atoms with E-state index < -0.39 is 11.6 Å². The highest BCUT2D eigenvalue weighted by molar-refractivity contribution is 9.10. The van der Waals surface area contributed by atoms with Gasteiger partial charge in [0.15, 0.2) is 0 Å². The number of piperidine rings is 1. The molecule has 7 heteroatoms. The molecule has 3 N–H and O–H groups in total. The lowest BCUT2D eigenvalue weighted by atomic mass is 9.96. The SMILES string of the molecule is N/C(=N/O)C1CCCN(Cc2c(F)ccc(Br)c2F)C1. The van der Waals surface area contributed by atoms with Crippen molar-refractivity contribution in [2.75, 3.05) is 13.1 Å². The summed E-state index contributed by atoms with van der Waals surface area (Å²) in [5, 5.41) is 11.7. The van der Waals surface area contributed by atoms with Gasteiger partial charge in [-0.05, 0) is 47.4 Å². The van der Waals surface area contributed by atoms with Crippen LogP contribution in [0.2, 0.25) is 0 Å². The van der Waals surface area contributed by atoms with Crippen molar-refractivity contribution >= 4 is 21.8 Å². The minimum Gasteiger partial charge on any atom is -0.409 e. The van der Waals surface area contributed by atoms with Crippen LogP contribution in [-0.2, 0) is 6.54 Å². The van der Waals surface area contributed by atoms with Gasteiger partial charge in [-0.25, -0.2) is 8.78 Å². The summed E-state index contributed by atoms with van der Waals surface area (Å²) in [7, 11) is 0. The number of hydrogen-bond acceptors (Lipinski definition) is 3. The highest BCUT2D eigenvalue weighted by Gasteiger charge is 2.25. The van der Waals surface area contributed by atoms with E-state index in [1.807, 2.05) is 4.90 Å². The first kappa shape index (κ1) is 15.2. The fourth-order valence-corrected chi connectivity index (χ4v) is 2.83. The third-order valence-corrected chi connectivity index (χ3v) is 4.17. The van der Waals surface area contributed by atoms with E-state index in [1.165, 1.54) is 12.1 Å². The number of nitrogens with zero attached hydrogens (tertiary/aromatic N) is 2. The Morgan fingerprint density at radius 1 is 1.50 bits per heavy atom. The molecule has 1 aliphatic rings. The number of hydrogen-bond donors (Lipinski definition) is 2. The standard InChI is InChI=1S/C13H16BrF2N3O/c14-10-3-4-11(15)9(12(10)16)7-19-5-1-2-8(6-19)13(17)18-20/h3-4,8,20H,1-2,5-7H2,(H2,17,18). The Hall–Kier alpha value is -1.21. The molecule has 0 amide bonds. The van der Waals surface area contributed by atoms with Gasteiger partial charge in [0.25, 0.3) is 0 Å². The summed E-state index contributed by atoms with van der Waals surface area (Å²) in [4.78, 5) is 1.92. The molecular weight excluding hydrogens is 332 g/mol. The van der Waals surface area contributed by atoms with Gasteiger partial charge in [-0.3, -0.25) is 4.90 Å². The average molecular weight is 348 g/mol. The first-order valence-corrected chi connectivity index (χ1v) is 7.14. The van der Waals surface area contributed by atoms with Gasteiger partial charge in [0.2, 0.25) is 0 Å². The topological polar surface area (TPSA) is 61.9 Å². The van der Waals surface area contributed by atoms with E-state index in [2.05, 4.69) is 21.1 Å². The van der Waals surface area contributed by atoms with Gasteiger partial charge in [-0.15, -0.1) is 0 Å². The zero-order chi connectivity index (χ0) is 14.7. The van der Waals surface area contributed by atoms with E-state index in [1.54, 1.807) is 0 Å². The summed E-state index contributed by atoms with van der Waals surface area (Å²) >= 11 is 3.06. The van der Waals surface area contributed by atoms with Crippen LogP contribution in [0.3, 0.4) is 0 Å². The maximum absolute atomic E-state index is 13.9. The Morgan fingerprint density at radius 3 is 2.95 bits per heavy atom. The summed E-state index contributed by atoms with van der Waals surface area (Å²) in [5.74, 6) is -1.04. The fraction of sp³-hybridized carbons (Fsp3) is 0.462. The molecule has 20 heavy (non-hydrogen) atoms. The van der Waals surface area contributed by atoms with Crippen molar-refractivity contribution in [2.24, 2.45) is 16.8 Å². The molecule has 1 aromatic carbocycles. The minimum atomic E-state index is -0.573. The molecular formula is C13H16BrF2N3O. The van der Waals surface area contributed by atoms with E-state index in [9.17, 15) is 8.78 Å². The molecule has 2 rings (SSSR count). The maximum atomic E-state index is 13.9. The number of amidine groups is 1. The van der Waals surface area contributed by atoms with Crippen LogP contribution in [0.1, 0.15) is 18.4 Å². The largest absolute Gasteiger partial charge is 0.409 e. The molecule has 1 saturated heterocycles. The molecule has 0 spiro atoms. The third kappa shape index (κ3) is 3.27. The summed E-state index contributed by atoms with van der Waals surface area (Å²) in [6.07, 6.45) is 1.66. The van der Waals surface area contributed by atoms with Crippen LogP contribution >= 0.6 is 15.9 Å².